The molecule has 0 aliphatic rings. The molecule has 1 rings (SSSR count). The van der Waals surface area contributed by atoms with Crippen LogP contribution in [0.1, 0.15) is 26.3 Å². The number of nitrogens with two attached hydrogens (primary N) is 1. The van der Waals surface area contributed by atoms with Crippen molar-refractivity contribution in [1.29, 1.82) is 0 Å². The Morgan fingerprint density at radius 3 is 2.28 bits per heavy atom. The third-order valence-electron chi connectivity index (χ3n) is 2.08. The fourth-order valence-corrected chi connectivity index (χ4v) is 1.34. The fourth-order valence-electron chi connectivity index (χ4n) is 1.34. The molecule has 1 aromatic rings. The zero-order chi connectivity index (χ0) is 13.1. The van der Waals surface area contributed by atoms with Gasteiger partial charge in [-0.25, -0.2) is 4.39 Å². The van der Waals surface area contributed by atoms with Crippen molar-refractivity contribution < 1.29 is 13.9 Å². The second kappa shape index (κ2) is 6.71. The third kappa shape index (κ3) is 5.98. The molecule has 0 aliphatic heterocycles. The minimum absolute atomic E-state index is 0. The first-order valence-electron chi connectivity index (χ1n) is 5.51. The van der Waals surface area contributed by atoms with Crippen LogP contribution in [0.2, 0.25) is 0 Å². The van der Waals surface area contributed by atoms with Crippen molar-refractivity contribution >= 4 is 18.4 Å². The summed E-state index contributed by atoms with van der Waals surface area (Å²) in [5.41, 5.74) is 5.99. The van der Waals surface area contributed by atoms with E-state index in [2.05, 4.69) is 0 Å². The first kappa shape index (κ1) is 16.9. The second-order valence-electron chi connectivity index (χ2n) is 4.97. The summed E-state index contributed by atoms with van der Waals surface area (Å²) in [6.07, 6.45) is 0.342. The van der Waals surface area contributed by atoms with Crippen molar-refractivity contribution in [2.24, 2.45) is 5.73 Å². The van der Waals surface area contributed by atoms with Gasteiger partial charge in [-0.1, -0.05) is 12.1 Å². The minimum atomic E-state index is -0.723. The zero-order valence-electron chi connectivity index (χ0n) is 10.8. The molecular formula is C13H19ClFNO2. The maximum atomic E-state index is 12.7. The van der Waals surface area contributed by atoms with Crippen LogP contribution in [0.15, 0.2) is 24.3 Å². The Morgan fingerprint density at radius 1 is 1.33 bits per heavy atom. The number of rotatable bonds is 3. The van der Waals surface area contributed by atoms with E-state index in [1.807, 2.05) is 0 Å². The molecule has 0 aromatic heterocycles. The van der Waals surface area contributed by atoms with Crippen molar-refractivity contribution in [1.82, 2.24) is 0 Å². The molecule has 3 nitrogen and oxygen atoms in total. The summed E-state index contributed by atoms with van der Waals surface area (Å²) in [5.74, 6) is -0.749. The van der Waals surface area contributed by atoms with E-state index >= 15 is 0 Å². The predicted octanol–water partition coefficient (Wildman–Crippen LogP) is 2.46. The van der Waals surface area contributed by atoms with E-state index in [4.69, 9.17) is 10.5 Å². The molecule has 2 N–H and O–H groups in total. The summed E-state index contributed by atoms with van der Waals surface area (Å²) in [6.45, 7) is 5.36. The van der Waals surface area contributed by atoms with Gasteiger partial charge in [-0.2, -0.15) is 0 Å². The molecule has 1 aromatic carbocycles. The summed E-state index contributed by atoms with van der Waals surface area (Å²) < 4.78 is 17.8. The van der Waals surface area contributed by atoms with Gasteiger partial charge >= 0.3 is 5.97 Å². The molecular weight excluding hydrogens is 257 g/mol. The molecule has 0 spiro atoms. The molecule has 0 radical (unpaired) electrons. The van der Waals surface area contributed by atoms with Gasteiger partial charge in [-0.15, -0.1) is 12.4 Å². The van der Waals surface area contributed by atoms with Gasteiger partial charge in [-0.3, -0.25) is 4.79 Å². The minimum Gasteiger partial charge on any atom is -0.459 e. The molecule has 102 valence electrons. The van der Waals surface area contributed by atoms with Crippen LogP contribution in [0.5, 0.6) is 0 Å². The van der Waals surface area contributed by atoms with Crippen LogP contribution in [0.4, 0.5) is 4.39 Å². The van der Waals surface area contributed by atoms with Crippen LogP contribution >= 0.6 is 12.4 Å². The number of hydrogen-bond donors (Lipinski definition) is 1. The van der Waals surface area contributed by atoms with E-state index in [-0.39, 0.29) is 18.2 Å². The molecule has 0 unspecified atom stereocenters. The molecule has 0 amide bonds. The monoisotopic (exact) mass is 275 g/mol. The molecule has 18 heavy (non-hydrogen) atoms. The van der Waals surface area contributed by atoms with Gasteiger partial charge in [0, 0.05) is 0 Å². The highest BCUT2D eigenvalue weighted by molar-refractivity contribution is 5.85. The van der Waals surface area contributed by atoms with E-state index in [0.29, 0.717) is 6.42 Å². The number of benzene rings is 1. The van der Waals surface area contributed by atoms with E-state index in [1.165, 1.54) is 12.1 Å². The van der Waals surface area contributed by atoms with Crippen molar-refractivity contribution in [3.05, 3.63) is 35.6 Å². The molecule has 0 aliphatic carbocycles. The first-order valence-corrected chi connectivity index (χ1v) is 5.51. The maximum Gasteiger partial charge on any atom is 0.323 e. The highest BCUT2D eigenvalue weighted by Gasteiger charge is 2.22. The molecule has 1 atom stereocenters. The summed E-state index contributed by atoms with van der Waals surface area (Å²) >= 11 is 0. The summed E-state index contributed by atoms with van der Waals surface area (Å²) in [5, 5.41) is 0. The number of halogens is 2. The molecule has 0 bridgehead atoms. The van der Waals surface area contributed by atoms with Gasteiger partial charge in [0.05, 0.1) is 0 Å². The fraction of sp³-hybridized carbons (Fsp3) is 0.462. The van der Waals surface area contributed by atoms with Crippen LogP contribution in [-0.2, 0) is 16.0 Å². The SMILES string of the molecule is CC(C)(C)OC(=O)[C@@H](N)Cc1ccc(F)cc1.Cl. The predicted molar refractivity (Wildman–Crippen MR) is 71.2 cm³/mol. The van der Waals surface area contributed by atoms with Crippen molar-refractivity contribution in [3.63, 3.8) is 0 Å². The zero-order valence-corrected chi connectivity index (χ0v) is 11.6. The van der Waals surface area contributed by atoms with Crippen molar-refractivity contribution in [2.75, 3.05) is 0 Å². The van der Waals surface area contributed by atoms with Crippen molar-refractivity contribution in [2.45, 2.75) is 38.8 Å². The number of esters is 1. The summed E-state index contributed by atoms with van der Waals surface area (Å²) in [6, 6.07) is 5.19. The Labute approximate surface area is 113 Å². The average Bonchev–Trinajstić information content (AvgIpc) is 2.19. The largest absolute Gasteiger partial charge is 0.459 e. The number of carbonyl (C=O) groups excluding carboxylic acids is 1. The number of ether oxygens (including phenoxy) is 1. The molecule has 0 saturated heterocycles. The van der Waals surface area contributed by atoms with E-state index < -0.39 is 17.6 Å². The molecule has 0 saturated carbocycles. The lowest BCUT2D eigenvalue weighted by atomic mass is 10.1. The quantitative estimate of drug-likeness (QED) is 0.862. The molecule has 0 heterocycles. The van der Waals surface area contributed by atoms with Gasteiger partial charge in [0.15, 0.2) is 0 Å². The molecule has 5 heteroatoms. The first-order chi connectivity index (χ1) is 7.78. The van der Waals surface area contributed by atoms with Gasteiger partial charge in [0.2, 0.25) is 0 Å². The average molecular weight is 276 g/mol. The lowest BCUT2D eigenvalue weighted by molar-refractivity contribution is -0.156. The lowest BCUT2D eigenvalue weighted by Gasteiger charge is -2.22. The van der Waals surface area contributed by atoms with Gasteiger partial charge in [0.1, 0.15) is 17.5 Å². The Morgan fingerprint density at radius 2 is 1.83 bits per heavy atom. The Hall–Kier alpha value is -1.13. The molecule has 0 fully saturated rings. The van der Waals surface area contributed by atoms with Crippen LogP contribution in [-0.4, -0.2) is 17.6 Å². The van der Waals surface area contributed by atoms with Crippen LogP contribution in [0, 0.1) is 5.82 Å². The Bertz CT molecular complexity index is 387. The van der Waals surface area contributed by atoms with Gasteiger partial charge in [-0.05, 0) is 44.9 Å². The smallest absolute Gasteiger partial charge is 0.323 e. The third-order valence-corrected chi connectivity index (χ3v) is 2.08. The van der Waals surface area contributed by atoms with E-state index in [0.717, 1.165) is 5.56 Å². The van der Waals surface area contributed by atoms with E-state index in [1.54, 1.807) is 32.9 Å². The highest BCUT2D eigenvalue weighted by Crippen LogP contribution is 2.10. The lowest BCUT2D eigenvalue weighted by Crippen LogP contribution is -2.38. The summed E-state index contributed by atoms with van der Waals surface area (Å²) in [4.78, 5) is 11.6. The Balaban J connectivity index is 0.00000289. The maximum absolute atomic E-state index is 12.7. The van der Waals surface area contributed by atoms with Crippen molar-refractivity contribution in [3.8, 4) is 0 Å². The van der Waals surface area contributed by atoms with Gasteiger partial charge < -0.3 is 10.5 Å². The topological polar surface area (TPSA) is 52.3 Å². The standard InChI is InChI=1S/C13H18FNO2.ClH/c1-13(2,3)17-12(16)11(15)8-9-4-6-10(14)7-5-9;/h4-7,11H,8,15H2,1-3H3;1H/t11-;/m0./s1. The summed E-state index contributed by atoms with van der Waals surface area (Å²) in [7, 11) is 0. The van der Waals surface area contributed by atoms with Crippen LogP contribution in [0.25, 0.3) is 0 Å². The second-order valence-corrected chi connectivity index (χ2v) is 4.97. The highest BCUT2D eigenvalue weighted by atomic mass is 35.5. The number of hydrogen-bond acceptors (Lipinski definition) is 3. The van der Waals surface area contributed by atoms with Gasteiger partial charge in [0.25, 0.3) is 0 Å². The van der Waals surface area contributed by atoms with E-state index in [9.17, 15) is 9.18 Å². The number of carbonyl (C=O) groups is 1. The Kier molecular flexibility index (Phi) is 6.29. The normalized spacial score (nSPS) is 12.5. The van der Waals surface area contributed by atoms with Crippen LogP contribution < -0.4 is 5.73 Å². The van der Waals surface area contributed by atoms with Crippen LogP contribution in [0.3, 0.4) is 0 Å².